The molecule has 0 fully saturated rings. The fraction of sp³-hybridized carbons (Fsp3) is 0.895. The molecule has 0 radical (unpaired) electrons. The third-order valence-electron chi connectivity index (χ3n) is 4.55. The summed E-state index contributed by atoms with van der Waals surface area (Å²) < 4.78 is 10.9. The molecule has 0 aliphatic rings. The summed E-state index contributed by atoms with van der Waals surface area (Å²) in [5.41, 5.74) is -2.13. The van der Waals surface area contributed by atoms with Crippen molar-refractivity contribution in [3.8, 4) is 0 Å². The molecule has 0 aromatic carbocycles. The summed E-state index contributed by atoms with van der Waals surface area (Å²) in [6, 6.07) is 0. The Balaban J connectivity index is 0. The second-order valence-electron chi connectivity index (χ2n) is 7.17. The van der Waals surface area contributed by atoms with E-state index >= 15 is 0 Å². The van der Waals surface area contributed by atoms with Crippen LogP contribution in [0.1, 0.15) is 45.4 Å². The van der Waals surface area contributed by atoms with Crippen LogP contribution in [0.5, 0.6) is 0 Å². The lowest BCUT2D eigenvalue weighted by Crippen LogP contribution is -2.43. The largest absolute Gasteiger partial charge is 0.501 e. The van der Waals surface area contributed by atoms with Crippen LogP contribution in [0.4, 0.5) is 4.70 Å². The van der Waals surface area contributed by atoms with E-state index in [-0.39, 0.29) is 37.7 Å². The van der Waals surface area contributed by atoms with Crippen LogP contribution >= 0.6 is 0 Å². The van der Waals surface area contributed by atoms with Gasteiger partial charge in [-0.3, -0.25) is 4.70 Å². The van der Waals surface area contributed by atoms with Crippen molar-refractivity contribution in [3.63, 3.8) is 0 Å². The SMILES string of the molecule is CCCCCCCC=COCC(CO)(CO)COCC(CO)(CO)CO.F. The minimum atomic E-state index is -1.14. The second kappa shape index (κ2) is 17.3. The number of hydrogen-bond acceptors (Lipinski definition) is 7. The zero-order valence-electron chi connectivity index (χ0n) is 16.5. The van der Waals surface area contributed by atoms with Crippen LogP contribution in [-0.2, 0) is 9.47 Å². The molecule has 0 saturated carbocycles. The molecule has 0 spiro atoms. The van der Waals surface area contributed by atoms with Crippen LogP contribution in [0.3, 0.4) is 0 Å². The average molecular weight is 399 g/mol. The summed E-state index contributed by atoms with van der Waals surface area (Å²) in [5, 5.41) is 47.1. The number of halogens is 1. The van der Waals surface area contributed by atoms with Gasteiger partial charge >= 0.3 is 0 Å². The molecule has 0 aromatic rings. The van der Waals surface area contributed by atoms with E-state index in [1.165, 1.54) is 25.7 Å². The summed E-state index contributed by atoms with van der Waals surface area (Å²) in [4.78, 5) is 0. The van der Waals surface area contributed by atoms with Crippen LogP contribution < -0.4 is 0 Å². The van der Waals surface area contributed by atoms with E-state index in [1.807, 2.05) is 6.08 Å². The number of ether oxygens (including phenoxy) is 2. The van der Waals surface area contributed by atoms with Gasteiger partial charge in [0.15, 0.2) is 0 Å². The Morgan fingerprint density at radius 1 is 0.704 bits per heavy atom. The summed E-state index contributed by atoms with van der Waals surface area (Å²) in [5.74, 6) is 0. The summed E-state index contributed by atoms with van der Waals surface area (Å²) in [6.45, 7) is 0.199. The molecule has 0 aromatic heterocycles. The highest BCUT2D eigenvalue weighted by Gasteiger charge is 2.33. The smallest absolute Gasteiger partial charge is 0.0995 e. The van der Waals surface area contributed by atoms with Crippen molar-refractivity contribution in [3.05, 3.63) is 12.3 Å². The number of aliphatic hydroxyl groups is 5. The number of rotatable bonds is 18. The van der Waals surface area contributed by atoms with Gasteiger partial charge < -0.3 is 35.0 Å². The third kappa shape index (κ3) is 11.6. The van der Waals surface area contributed by atoms with Gasteiger partial charge in [0.2, 0.25) is 0 Å². The third-order valence-corrected chi connectivity index (χ3v) is 4.55. The normalized spacial score (nSPS) is 12.4. The molecule has 8 heteroatoms. The van der Waals surface area contributed by atoms with Gasteiger partial charge in [0.05, 0.1) is 69.9 Å². The molecule has 0 amide bonds. The van der Waals surface area contributed by atoms with Gasteiger partial charge in [-0.2, -0.15) is 0 Å². The maximum atomic E-state index is 9.61. The highest BCUT2D eigenvalue weighted by Crippen LogP contribution is 2.21. The molecule has 0 unspecified atom stereocenters. The number of allylic oxidation sites excluding steroid dienone is 1. The van der Waals surface area contributed by atoms with Crippen molar-refractivity contribution in [2.24, 2.45) is 10.8 Å². The monoisotopic (exact) mass is 398 g/mol. The van der Waals surface area contributed by atoms with Gasteiger partial charge in [-0.25, -0.2) is 0 Å². The number of hydrogen-bond donors (Lipinski definition) is 5. The Bertz CT molecular complexity index is 337. The van der Waals surface area contributed by atoms with Crippen LogP contribution in [0.2, 0.25) is 0 Å². The molecule has 0 bridgehead atoms. The van der Waals surface area contributed by atoms with Crippen molar-refractivity contribution in [2.75, 3.05) is 52.9 Å². The van der Waals surface area contributed by atoms with E-state index in [0.717, 1.165) is 12.8 Å². The van der Waals surface area contributed by atoms with Crippen molar-refractivity contribution in [2.45, 2.75) is 45.4 Å². The minimum Gasteiger partial charge on any atom is -0.501 e. The van der Waals surface area contributed by atoms with Gasteiger partial charge in [0.25, 0.3) is 0 Å². The molecule has 0 aliphatic heterocycles. The molecule has 7 nitrogen and oxygen atoms in total. The zero-order valence-corrected chi connectivity index (χ0v) is 16.5. The first-order valence-corrected chi connectivity index (χ1v) is 9.46. The molecule has 5 N–H and O–H groups in total. The van der Waals surface area contributed by atoms with Gasteiger partial charge in [-0.15, -0.1) is 0 Å². The highest BCUT2D eigenvalue weighted by atomic mass is 19.0. The Morgan fingerprint density at radius 2 is 1.22 bits per heavy atom. The fourth-order valence-corrected chi connectivity index (χ4v) is 2.27. The molecule has 27 heavy (non-hydrogen) atoms. The highest BCUT2D eigenvalue weighted by molar-refractivity contribution is 4.82. The number of aliphatic hydroxyl groups excluding tert-OH is 5. The Morgan fingerprint density at radius 3 is 1.74 bits per heavy atom. The Kier molecular flexibility index (Phi) is 18.3. The molecule has 0 saturated heterocycles. The molecular weight excluding hydrogens is 359 g/mol. The molecule has 0 heterocycles. The van der Waals surface area contributed by atoms with E-state index in [4.69, 9.17) is 9.47 Å². The lowest BCUT2D eigenvalue weighted by Gasteiger charge is -2.32. The van der Waals surface area contributed by atoms with E-state index < -0.39 is 30.7 Å². The van der Waals surface area contributed by atoms with Crippen LogP contribution in [0, 0.1) is 10.8 Å². The predicted molar refractivity (Wildman–Crippen MR) is 102 cm³/mol. The molecular formula is C19H39FO7. The van der Waals surface area contributed by atoms with E-state index in [2.05, 4.69) is 6.92 Å². The molecule has 0 rings (SSSR count). The standard InChI is InChI=1S/C19H38O7.FH/c1-2-3-4-5-6-7-8-9-25-16-19(13-23,14-24)17-26-15-18(10-20,11-21)12-22;/h8-9,20-24H,2-7,10-17H2,1H3;1H. The van der Waals surface area contributed by atoms with Gasteiger partial charge in [-0.05, 0) is 18.9 Å². The lowest BCUT2D eigenvalue weighted by atomic mass is 9.91. The molecule has 0 atom stereocenters. The first-order chi connectivity index (χ1) is 12.6. The lowest BCUT2D eigenvalue weighted by molar-refractivity contribution is -0.104. The van der Waals surface area contributed by atoms with Gasteiger partial charge in [-0.1, -0.05) is 32.6 Å². The van der Waals surface area contributed by atoms with Crippen LogP contribution in [0.15, 0.2) is 12.3 Å². The maximum absolute atomic E-state index is 9.61. The van der Waals surface area contributed by atoms with Crippen LogP contribution in [0.25, 0.3) is 0 Å². The number of unbranched alkanes of at least 4 members (excludes halogenated alkanes) is 5. The first kappa shape index (κ1) is 28.4. The Hall–Kier alpha value is -0.770. The van der Waals surface area contributed by atoms with E-state index in [0.29, 0.717) is 0 Å². The quantitative estimate of drug-likeness (QED) is 0.172. The minimum absolute atomic E-state index is 0. The summed E-state index contributed by atoms with van der Waals surface area (Å²) >= 11 is 0. The van der Waals surface area contributed by atoms with Crippen LogP contribution in [-0.4, -0.2) is 78.4 Å². The van der Waals surface area contributed by atoms with Crippen molar-refractivity contribution in [1.29, 1.82) is 0 Å². The average Bonchev–Trinajstić information content (AvgIpc) is 2.69. The predicted octanol–water partition coefficient (Wildman–Crippen LogP) is 0.981. The second-order valence-corrected chi connectivity index (χ2v) is 7.17. The van der Waals surface area contributed by atoms with Crippen molar-refractivity contribution in [1.82, 2.24) is 0 Å². The van der Waals surface area contributed by atoms with E-state index in [1.54, 1.807) is 6.26 Å². The molecule has 164 valence electrons. The topological polar surface area (TPSA) is 120 Å². The van der Waals surface area contributed by atoms with Gasteiger partial charge in [0, 0.05) is 0 Å². The Labute approximate surface area is 162 Å². The van der Waals surface area contributed by atoms with Crippen molar-refractivity contribution >= 4 is 0 Å². The van der Waals surface area contributed by atoms with Crippen molar-refractivity contribution < 1.29 is 39.7 Å². The zero-order chi connectivity index (χ0) is 19.7. The fourth-order valence-electron chi connectivity index (χ4n) is 2.27. The van der Waals surface area contributed by atoms with E-state index in [9.17, 15) is 25.5 Å². The maximum Gasteiger partial charge on any atom is 0.0995 e. The summed E-state index contributed by atoms with van der Waals surface area (Å²) in [7, 11) is 0. The molecule has 0 aliphatic carbocycles. The van der Waals surface area contributed by atoms with Gasteiger partial charge in [0.1, 0.15) is 0 Å². The summed E-state index contributed by atoms with van der Waals surface area (Å²) in [6.07, 6.45) is 10.5. The first-order valence-electron chi connectivity index (χ1n) is 9.46.